The molecular weight excluding hydrogens is 380 g/mol. The predicted octanol–water partition coefficient (Wildman–Crippen LogP) is 5.05. The standard InChI is InChI=1S/C24H22N2O2S/c1-17-9-3-4-11-19(17)16-29-24-25-21-13-7-6-12-20(21)23(27)26(24)15-18-10-5-8-14-22(18)28-2/h3-14H,15-16H2,1-2H3. The maximum absolute atomic E-state index is 13.3. The minimum absolute atomic E-state index is 0.0335. The smallest absolute Gasteiger partial charge is 0.262 e. The van der Waals surface area contributed by atoms with Gasteiger partial charge in [-0.15, -0.1) is 0 Å². The van der Waals surface area contributed by atoms with E-state index in [9.17, 15) is 4.79 Å². The third-order valence-electron chi connectivity index (χ3n) is 4.97. The van der Waals surface area contributed by atoms with Crippen molar-refractivity contribution in [2.24, 2.45) is 0 Å². The van der Waals surface area contributed by atoms with Crippen LogP contribution in [0.4, 0.5) is 0 Å². The van der Waals surface area contributed by atoms with Gasteiger partial charge in [-0.05, 0) is 36.2 Å². The predicted molar refractivity (Wildman–Crippen MR) is 119 cm³/mol. The molecule has 1 aromatic heterocycles. The first-order chi connectivity index (χ1) is 14.2. The highest BCUT2D eigenvalue weighted by molar-refractivity contribution is 7.98. The molecule has 0 saturated heterocycles. The van der Waals surface area contributed by atoms with Crippen LogP contribution in [0.5, 0.6) is 5.75 Å². The van der Waals surface area contributed by atoms with Crippen molar-refractivity contribution in [2.75, 3.05) is 7.11 Å². The quantitative estimate of drug-likeness (QED) is 0.334. The van der Waals surface area contributed by atoms with Crippen LogP contribution in [-0.4, -0.2) is 16.7 Å². The number of hydrogen-bond donors (Lipinski definition) is 0. The first-order valence-electron chi connectivity index (χ1n) is 9.46. The third-order valence-corrected chi connectivity index (χ3v) is 5.99. The molecule has 146 valence electrons. The Morgan fingerprint density at radius 3 is 2.41 bits per heavy atom. The van der Waals surface area contributed by atoms with Gasteiger partial charge in [-0.2, -0.15) is 0 Å². The Morgan fingerprint density at radius 2 is 1.62 bits per heavy atom. The van der Waals surface area contributed by atoms with Crippen LogP contribution < -0.4 is 10.3 Å². The van der Waals surface area contributed by atoms with E-state index in [-0.39, 0.29) is 5.56 Å². The average molecular weight is 403 g/mol. The SMILES string of the molecule is COc1ccccc1Cn1c(SCc2ccccc2C)nc2ccccc2c1=O. The molecule has 0 aliphatic rings. The highest BCUT2D eigenvalue weighted by atomic mass is 32.2. The molecule has 0 unspecified atom stereocenters. The van der Waals surface area contributed by atoms with Gasteiger partial charge in [-0.25, -0.2) is 4.98 Å². The highest BCUT2D eigenvalue weighted by Crippen LogP contribution is 2.26. The summed E-state index contributed by atoms with van der Waals surface area (Å²) in [6.07, 6.45) is 0. The summed E-state index contributed by atoms with van der Waals surface area (Å²) in [4.78, 5) is 18.1. The molecule has 0 bridgehead atoms. The van der Waals surface area contributed by atoms with Crippen molar-refractivity contribution in [1.29, 1.82) is 0 Å². The Morgan fingerprint density at radius 1 is 0.931 bits per heavy atom. The zero-order valence-corrected chi connectivity index (χ0v) is 17.3. The molecule has 1 heterocycles. The van der Waals surface area contributed by atoms with Crippen molar-refractivity contribution in [2.45, 2.75) is 24.4 Å². The molecular formula is C24H22N2O2S. The second-order valence-electron chi connectivity index (χ2n) is 6.83. The molecule has 0 aliphatic carbocycles. The Balaban J connectivity index is 1.78. The molecule has 0 aliphatic heterocycles. The lowest BCUT2D eigenvalue weighted by molar-refractivity contribution is 0.407. The second-order valence-corrected chi connectivity index (χ2v) is 7.77. The zero-order valence-electron chi connectivity index (χ0n) is 16.5. The Labute approximate surface area is 174 Å². The summed E-state index contributed by atoms with van der Waals surface area (Å²) in [6.45, 7) is 2.52. The molecule has 4 aromatic rings. The number of para-hydroxylation sites is 2. The Kier molecular flexibility index (Phi) is 5.67. The number of aromatic nitrogens is 2. The number of rotatable bonds is 6. The topological polar surface area (TPSA) is 44.1 Å². The summed E-state index contributed by atoms with van der Waals surface area (Å²) in [7, 11) is 1.65. The molecule has 0 fully saturated rings. The first kappa shape index (κ1) is 19.3. The van der Waals surface area contributed by atoms with E-state index in [1.807, 2.05) is 60.7 Å². The molecule has 0 amide bonds. The monoisotopic (exact) mass is 402 g/mol. The van der Waals surface area contributed by atoms with Gasteiger partial charge in [0.2, 0.25) is 0 Å². The van der Waals surface area contributed by atoms with E-state index in [2.05, 4.69) is 19.1 Å². The maximum Gasteiger partial charge on any atom is 0.262 e. The van der Waals surface area contributed by atoms with Crippen LogP contribution in [0.15, 0.2) is 82.7 Å². The molecule has 0 radical (unpaired) electrons. The average Bonchev–Trinajstić information content (AvgIpc) is 2.76. The van der Waals surface area contributed by atoms with Gasteiger partial charge in [-0.1, -0.05) is 66.4 Å². The number of benzene rings is 3. The summed E-state index contributed by atoms with van der Waals surface area (Å²) in [5, 5.41) is 1.34. The largest absolute Gasteiger partial charge is 0.496 e. The number of nitrogens with zero attached hydrogens (tertiary/aromatic N) is 2. The fourth-order valence-electron chi connectivity index (χ4n) is 3.32. The van der Waals surface area contributed by atoms with E-state index in [4.69, 9.17) is 9.72 Å². The van der Waals surface area contributed by atoms with E-state index in [0.717, 1.165) is 22.6 Å². The van der Waals surface area contributed by atoms with Gasteiger partial charge < -0.3 is 4.74 Å². The number of methoxy groups -OCH3 is 1. The number of fused-ring (bicyclic) bond motifs is 1. The van der Waals surface area contributed by atoms with Gasteiger partial charge in [0.15, 0.2) is 5.16 Å². The van der Waals surface area contributed by atoms with Crippen LogP contribution in [0, 0.1) is 6.92 Å². The van der Waals surface area contributed by atoms with E-state index >= 15 is 0 Å². The van der Waals surface area contributed by atoms with E-state index in [1.54, 1.807) is 23.4 Å². The van der Waals surface area contributed by atoms with Crippen LogP contribution in [-0.2, 0) is 12.3 Å². The van der Waals surface area contributed by atoms with E-state index < -0.39 is 0 Å². The maximum atomic E-state index is 13.3. The van der Waals surface area contributed by atoms with Gasteiger partial charge >= 0.3 is 0 Å². The van der Waals surface area contributed by atoms with Crippen LogP contribution >= 0.6 is 11.8 Å². The van der Waals surface area contributed by atoms with Crippen molar-refractivity contribution in [3.05, 3.63) is 99.8 Å². The fourth-order valence-corrected chi connectivity index (χ4v) is 4.39. The van der Waals surface area contributed by atoms with Crippen LogP contribution in [0.1, 0.15) is 16.7 Å². The molecule has 0 N–H and O–H groups in total. The molecule has 3 aromatic carbocycles. The molecule has 0 atom stereocenters. The molecule has 29 heavy (non-hydrogen) atoms. The minimum Gasteiger partial charge on any atom is -0.496 e. The first-order valence-corrected chi connectivity index (χ1v) is 10.4. The fraction of sp³-hybridized carbons (Fsp3) is 0.167. The van der Waals surface area contributed by atoms with Crippen molar-refractivity contribution in [1.82, 2.24) is 9.55 Å². The van der Waals surface area contributed by atoms with Crippen molar-refractivity contribution < 1.29 is 4.74 Å². The minimum atomic E-state index is -0.0335. The number of ether oxygens (including phenoxy) is 1. The molecule has 0 spiro atoms. The lowest BCUT2D eigenvalue weighted by Crippen LogP contribution is -2.24. The molecule has 4 rings (SSSR count). The molecule has 4 nitrogen and oxygen atoms in total. The highest BCUT2D eigenvalue weighted by Gasteiger charge is 2.14. The number of thioether (sulfide) groups is 1. The summed E-state index contributed by atoms with van der Waals surface area (Å²) >= 11 is 1.59. The van der Waals surface area contributed by atoms with Crippen molar-refractivity contribution in [3.63, 3.8) is 0 Å². The lowest BCUT2D eigenvalue weighted by atomic mass is 10.1. The lowest BCUT2D eigenvalue weighted by Gasteiger charge is -2.15. The Hall–Kier alpha value is -3.05. The van der Waals surface area contributed by atoms with E-state index in [0.29, 0.717) is 17.1 Å². The summed E-state index contributed by atoms with van der Waals surface area (Å²) in [6, 6.07) is 23.6. The zero-order chi connectivity index (χ0) is 20.2. The second kappa shape index (κ2) is 8.53. The van der Waals surface area contributed by atoms with Gasteiger partial charge in [0.1, 0.15) is 5.75 Å². The normalized spacial score (nSPS) is 11.0. The summed E-state index contributed by atoms with van der Waals surface area (Å²) in [5.41, 5.74) is 4.12. The van der Waals surface area contributed by atoms with Crippen LogP contribution in [0.3, 0.4) is 0 Å². The van der Waals surface area contributed by atoms with Crippen molar-refractivity contribution in [3.8, 4) is 5.75 Å². The van der Waals surface area contributed by atoms with Gasteiger partial charge in [-0.3, -0.25) is 9.36 Å². The number of aryl methyl sites for hydroxylation is 1. The van der Waals surface area contributed by atoms with Gasteiger partial charge in [0.05, 0.1) is 24.6 Å². The summed E-state index contributed by atoms with van der Waals surface area (Å²) < 4.78 is 7.24. The van der Waals surface area contributed by atoms with Crippen LogP contribution in [0.25, 0.3) is 10.9 Å². The van der Waals surface area contributed by atoms with E-state index in [1.165, 1.54) is 11.1 Å². The Bertz CT molecular complexity index is 1220. The third kappa shape index (κ3) is 4.05. The molecule has 5 heteroatoms. The summed E-state index contributed by atoms with van der Waals surface area (Å²) in [5.74, 6) is 1.52. The molecule has 0 saturated carbocycles. The van der Waals surface area contributed by atoms with Crippen LogP contribution in [0.2, 0.25) is 0 Å². The number of hydrogen-bond acceptors (Lipinski definition) is 4. The van der Waals surface area contributed by atoms with Gasteiger partial charge in [0, 0.05) is 11.3 Å². The van der Waals surface area contributed by atoms with Crippen molar-refractivity contribution >= 4 is 22.7 Å². The van der Waals surface area contributed by atoms with Gasteiger partial charge in [0.25, 0.3) is 5.56 Å².